The van der Waals surface area contributed by atoms with Gasteiger partial charge in [-0.2, -0.15) is 5.10 Å². The second kappa shape index (κ2) is 5.16. The fourth-order valence-electron chi connectivity index (χ4n) is 2.59. The van der Waals surface area contributed by atoms with E-state index in [9.17, 15) is 0 Å². The van der Waals surface area contributed by atoms with Crippen molar-refractivity contribution in [2.45, 2.75) is 66.8 Å². The minimum atomic E-state index is -0.0130. The molecule has 1 rings (SSSR count). The molecule has 0 spiro atoms. The van der Waals surface area contributed by atoms with Crippen LogP contribution in [0.1, 0.15) is 60.7 Å². The van der Waals surface area contributed by atoms with Crippen molar-refractivity contribution in [1.82, 2.24) is 14.8 Å². The van der Waals surface area contributed by atoms with Gasteiger partial charge in [0.15, 0.2) is 4.77 Å². The van der Waals surface area contributed by atoms with Crippen LogP contribution in [0, 0.1) is 16.1 Å². The van der Waals surface area contributed by atoms with Crippen molar-refractivity contribution in [2.24, 2.45) is 11.3 Å². The van der Waals surface area contributed by atoms with Gasteiger partial charge in [-0.25, -0.2) is 0 Å². The van der Waals surface area contributed by atoms with E-state index in [1.165, 1.54) is 6.42 Å². The maximum Gasteiger partial charge on any atom is 0.195 e. The Morgan fingerprint density at radius 2 is 1.78 bits per heavy atom. The number of rotatable bonds is 3. The van der Waals surface area contributed by atoms with Gasteiger partial charge in [0.2, 0.25) is 0 Å². The molecule has 0 radical (unpaired) electrons. The minimum Gasteiger partial charge on any atom is -0.299 e. The van der Waals surface area contributed by atoms with E-state index in [0.29, 0.717) is 11.3 Å². The summed E-state index contributed by atoms with van der Waals surface area (Å²) in [4.78, 5) is 0. The van der Waals surface area contributed by atoms with Gasteiger partial charge in [-0.05, 0) is 50.7 Å². The fraction of sp³-hybridized carbons (Fsp3) is 0.857. The Balaban J connectivity index is 2.90. The van der Waals surface area contributed by atoms with E-state index in [1.807, 2.05) is 0 Å². The first-order valence-electron chi connectivity index (χ1n) is 6.67. The van der Waals surface area contributed by atoms with Gasteiger partial charge in [0, 0.05) is 12.0 Å². The van der Waals surface area contributed by atoms with Gasteiger partial charge >= 0.3 is 0 Å². The van der Waals surface area contributed by atoms with Crippen LogP contribution in [-0.2, 0) is 12.0 Å². The lowest BCUT2D eigenvalue weighted by Gasteiger charge is -2.26. The highest BCUT2D eigenvalue weighted by molar-refractivity contribution is 7.71. The van der Waals surface area contributed by atoms with Gasteiger partial charge in [0.25, 0.3) is 0 Å². The molecule has 1 atom stereocenters. The molecular formula is C14H27N3S. The van der Waals surface area contributed by atoms with Crippen LogP contribution in [0.5, 0.6) is 0 Å². The van der Waals surface area contributed by atoms with Crippen molar-refractivity contribution in [2.75, 3.05) is 0 Å². The van der Waals surface area contributed by atoms with Crippen molar-refractivity contribution in [3.05, 3.63) is 10.6 Å². The minimum absolute atomic E-state index is 0.0130. The van der Waals surface area contributed by atoms with Crippen LogP contribution in [0.2, 0.25) is 0 Å². The Morgan fingerprint density at radius 1 is 1.22 bits per heavy atom. The molecule has 1 N–H and O–H groups in total. The van der Waals surface area contributed by atoms with Crippen molar-refractivity contribution >= 4 is 12.2 Å². The number of hydrogen-bond acceptors (Lipinski definition) is 2. The average molecular weight is 269 g/mol. The normalized spacial score (nSPS) is 14.8. The molecule has 18 heavy (non-hydrogen) atoms. The molecule has 0 saturated carbocycles. The fourth-order valence-corrected chi connectivity index (χ4v) is 3.01. The van der Waals surface area contributed by atoms with Crippen LogP contribution in [0.15, 0.2) is 0 Å². The summed E-state index contributed by atoms with van der Waals surface area (Å²) in [5.41, 5.74) is 0.347. The molecule has 1 unspecified atom stereocenters. The summed E-state index contributed by atoms with van der Waals surface area (Å²) in [6.45, 7) is 15.6. The first-order chi connectivity index (χ1) is 8.00. The highest BCUT2D eigenvalue weighted by Gasteiger charge is 2.22. The summed E-state index contributed by atoms with van der Waals surface area (Å²) < 4.78 is 2.86. The number of nitrogens with zero attached hydrogens (tertiary/aromatic N) is 2. The Morgan fingerprint density at radius 3 is 2.22 bits per heavy atom. The van der Waals surface area contributed by atoms with Gasteiger partial charge in [-0.15, -0.1) is 0 Å². The zero-order chi connectivity index (χ0) is 14.1. The number of H-pyrrole nitrogens is 1. The summed E-state index contributed by atoms with van der Waals surface area (Å²) >= 11 is 5.33. The number of hydrogen-bond donors (Lipinski definition) is 1. The van der Waals surface area contributed by atoms with Gasteiger partial charge in [0.1, 0.15) is 5.82 Å². The lowest BCUT2D eigenvalue weighted by atomic mass is 9.84. The molecule has 3 nitrogen and oxygen atoms in total. The monoisotopic (exact) mass is 269 g/mol. The average Bonchev–Trinajstić information content (AvgIpc) is 2.41. The molecule has 1 aromatic rings. The molecule has 1 heterocycles. The summed E-state index contributed by atoms with van der Waals surface area (Å²) in [7, 11) is 0. The molecule has 0 aliphatic carbocycles. The molecular weight excluding hydrogens is 242 g/mol. The van der Waals surface area contributed by atoms with Gasteiger partial charge in [0.05, 0.1) is 0 Å². The molecule has 0 fully saturated rings. The van der Waals surface area contributed by atoms with Crippen LogP contribution < -0.4 is 0 Å². The lowest BCUT2D eigenvalue weighted by Crippen LogP contribution is -2.25. The van der Waals surface area contributed by atoms with E-state index in [-0.39, 0.29) is 5.54 Å². The number of aromatic nitrogens is 3. The first kappa shape index (κ1) is 15.4. The highest BCUT2D eigenvalue weighted by atomic mass is 32.1. The SMILES string of the molecule is CC(Cc1n[nH]c(=S)n1C(C)(C)C)CC(C)(C)C. The predicted molar refractivity (Wildman–Crippen MR) is 79.3 cm³/mol. The second-order valence-corrected chi connectivity index (χ2v) is 7.91. The van der Waals surface area contributed by atoms with E-state index in [2.05, 4.69) is 63.2 Å². The summed E-state index contributed by atoms with van der Waals surface area (Å²) in [5.74, 6) is 1.68. The molecule has 4 heteroatoms. The lowest BCUT2D eigenvalue weighted by molar-refractivity contribution is 0.295. The van der Waals surface area contributed by atoms with E-state index in [1.54, 1.807) is 0 Å². The topological polar surface area (TPSA) is 33.6 Å². The van der Waals surface area contributed by atoms with Gasteiger partial charge in [-0.3, -0.25) is 9.67 Å². The standard InChI is InChI=1S/C14H27N3S/c1-10(9-13(2,3)4)8-11-15-16-12(18)17(11)14(5,6)7/h10H,8-9H2,1-7H3,(H,16,18). The summed E-state index contributed by atoms with van der Waals surface area (Å²) in [6.07, 6.45) is 2.17. The maximum absolute atomic E-state index is 5.33. The molecule has 0 aliphatic heterocycles. The van der Waals surface area contributed by atoms with Gasteiger partial charge < -0.3 is 0 Å². The maximum atomic E-state index is 5.33. The van der Waals surface area contributed by atoms with E-state index in [4.69, 9.17) is 12.2 Å². The first-order valence-corrected chi connectivity index (χ1v) is 7.08. The molecule has 0 aromatic carbocycles. The van der Waals surface area contributed by atoms with Crippen LogP contribution in [0.4, 0.5) is 0 Å². The molecule has 1 aromatic heterocycles. The number of nitrogens with one attached hydrogen (secondary N) is 1. The van der Waals surface area contributed by atoms with Crippen LogP contribution in [0.3, 0.4) is 0 Å². The molecule has 0 aliphatic rings. The molecule has 104 valence electrons. The number of aromatic amines is 1. The highest BCUT2D eigenvalue weighted by Crippen LogP contribution is 2.27. The van der Waals surface area contributed by atoms with Crippen LogP contribution in [-0.4, -0.2) is 14.8 Å². The third-order valence-corrected chi connectivity index (χ3v) is 3.18. The van der Waals surface area contributed by atoms with Crippen molar-refractivity contribution in [1.29, 1.82) is 0 Å². The van der Waals surface area contributed by atoms with E-state index < -0.39 is 0 Å². The molecule has 0 saturated heterocycles. The summed E-state index contributed by atoms with van der Waals surface area (Å²) in [6, 6.07) is 0. The molecule has 0 amide bonds. The Kier molecular flexibility index (Phi) is 4.42. The second-order valence-electron chi connectivity index (χ2n) is 7.53. The zero-order valence-electron chi connectivity index (χ0n) is 12.8. The third-order valence-electron chi connectivity index (χ3n) is 2.90. The quantitative estimate of drug-likeness (QED) is 0.830. The predicted octanol–water partition coefficient (Wildman–Crippen LogP) is 4.31. The Bertz CT molecular complexity index is 443. The largest absolute Gasteiger partial charge is 0.299 e. The van der Waals surface area contributed by atoms with Crippen LogP contribution in [0.25, 0.3) is 0 Å². The van der Waals surface area contributed by atoms with Crippen molar-refractivity contribution < 1.29 is 0 Å². The van der Waals surface area contributed by atoms with Crippen molar-refractivity contribution in [3.63, 3.8) is 0 Å². The van der Waals surface area contributed by atoms with E-state index >= 15 is 0 Å². The van der Waals surface area contributed by atoms with Crippen LogP contribution >= 0.6 is 12.2 Å². The third kappa shape index (κ3) is 4.23. The van der Waals surface area contributed by atoms with E-state index in [0.717, 1.165) is 17.0 Å². The Hall–Kier alpha value is -0.640. The zero-order valence-corrected chi connectivity index (χ0v) is 13.6. The molecule has 0 bridgehead atoms. The Labute approximate surface area is 116 Å². The van der Waals surface area contributed by atoms with Crippen molar-refractivity contribution in [3.8, 4) is 0 Å². The summed E-state index contributed by atoms with van der Waals surface area (Å²) in [5, 5.41) is 7.33. The smallest absolute Gasteiger partial charge is 0.195 e. The van der Waals surface area contributed by atoms with Gasteiger partial charge in [-0.1, -0.05) is 27.7 Å².